The molecule has 2 aromatic rings. The highest BCUT2D eigenvalue weighted by Crippen LogP contribution is 2.26. The molecule has 1 amide bonds. The second kappa shape index (κ2) is 9.16. The van der Waals surface area contributed by atoms with Crippen molar-refractivity contribution in [3.8, 4) is 6.07 Å². The molecule has 0 aliphatic rings. The van der Waals surface area contributed by atoms with E-state index < -0.39 is 11.6 Å². The fourth-order valence-corrected chi connectivity index (χ4v) is 2.89. The van der Waals surface area contributed by atoms with Gasteiger partial charge in [-0.2, -0.15) is 5.26 Å². The fraction of sp³-hybridized carbons (Fsp3) is 0.222. The summed E-state index contributed by atoms with van der Waals surface area (Å²) in [5.74, 6) is -1.70. The third-order valence-corrected chi connectivity index (χ3v) is 4.52. The Morgan fingerprint density at radius 2 is 2.04 bits per heavy atom. The van der Waals surface area contributed by atoms with E-state index in [1.165, 1.54) is 17.8 Å². The number of amides is 1. The van der Waals surface area contributed by atoms with Gasteiger partial charge in [-0.25, -0.2) is 8.78 Å². The van der Waals surface area contributed by atoms with Crippen LogP contribution in [0, 0.1) is 23.0 Å². The fourth-order valence-electron chi connectivity index (χ4n) is 2.22. The van der Waals surface area contributed by atoms with E-state index in [2.05, 4.69) is 11.4 Å². The summed E-state index contributed by atoms with van der Waals surface area (Å²) in [5.41, 5.74) is 1.26. The first-order chi connectivity index (χ1) is 12.0. The molecule has 0 aliphatic heterocycles. The van der Waals surface area contributed by atoms with E-state index in [1.807, 2.05) is 19.1 Å². The van der Waals surface area contributed by atoms with E-state index in [1.54, 1.807) is 17.4 Å². The summed E-state index contributed by atoms with van der Waals surface area (Å²) >= 11 is 1.35. The van der Waals surface area contributed by atoms with Crippen LogP contribution in [0.5, 0.6) is 0 Å². The monoisotopic (exact) mass is 362 g/mol. The number of rotatable bonds is 7. The van der Waals surface area contributed by atoms with Crippen molar-refractivity contribution < 1.29 is 18.9 Å². The van der Waals surface area contributed by atoms with Crippen molar-refractivity contribution in [2.24, 2.45) is 0 Å². The summed E-state index contributed by atoms with van der Waals surface area (Å²) in [6.45, 7) is 1.95. The molecule has 4 nitrogen and oxygen atoms in total. The predicted octanol–water partition coefficient (Wildman–Crippen LogP) is 2.84. The summed E-state index contributed by atoms with van der Waals surface area (Å²) < 4.78 is 26.3. The van der Waals surface area contributed by atoms with Crippen LogP contribution < -0.4 is 10.6 Å². The number of nitrogens with one attached hydrogen (secondary N) is 1. The summed E-state index contributed by atoms with van der Waals surface area (Å²) in [6, 6.07) is 12.8. The third kappa shape index (κ3) is 5.55. The molecule has 0 radical (unpaired) electrons. The van der Waals surface area contributed by atoms with Gasteiger partial charge in [0, 0.05) is 10.5 Å². The smallest absolute Gasteiger partial charge is 0.279 e. The molecule has 0 unspecified atom stereocenters. The van der Waals surface area contributed by atoms with Gasteiger partial charge < -0.3 is 10.6 Å². The van der Waals surface area contributed by atoms with Gasteiger partial charge in [0.25, 0.3) is 5.91 Å². The van der Waals surface area contributed by atoms with Crippen molar-refractivity contribution in [2.45, 2.75) is 17.9 Å². The number of nitrogens with two attached hydrogens (primary N) is 1. The van der Waals surface area contributed by atoms with Crippen LogP contribution in [0.4, 0.5) is 14.5 Å². The number of hydrogen-bond donors (Lipinski definition) is 2. The molecule has 0 spiro atoms. The highest BCUT2D eigenvalue weighted by Gasteiger charge is 2.14. The molecule has 7 heteroatoms. The van der Waals surface area contributed by atoms with Crippen molar-refractivity contribution in [1.29, 1.82) is 5.26 Å². The summed E-state index contributed by atoms with van der Waals surface area (Å²) in [7, 11) is 0. The SMILES string of the molecule is C[C@H]([NH2+]CC(=O)Nc1ccccc1SCC#N)c1ccc(F)c(F)c1. The minimum atomic E-state index is -0.898. The molecule has 0 saturated heterocycles. The molecular weight excluding hydrogens is 344 g/mol. The summed E-state index contributed by atoms with van der Waals surface area (Å²) in [4.78, 5) is 13.0. The molecule has 0 bridgehead atoms. The number of carbonyl (C=O) groups excluding carboxylic acids is 1. The molecule has 0 fully saturated rings. The number of nitriles is 1. The zero-order valence-electron chi connectivity index (χ0n) is 13.6. The highest BCUT2D eigenvalue weighted by molar-refractivity contribution is 7.99. The molecule has 0 saturated carbocycles. The number of para-hydroxylation sites is 1. The molecule has 0 aliphatic carbocycles. The lowest BCUT2D eigenvalue weighted by molar-refractivity contribution is -0.682. The van der Waals surface area contributed by atoms with Gasteiger partial charge in [-0.1, -0.05) is 12.1 Å². The van der Waals surface area contributed by atoms with Crippen molar-refractivity contribution in [2.75, 3.05) is 17.6 Å². The number of thioether (sulfide) groups is 1. The zero-order chi connectivity index (χ0) is 18.2. The maximum Gasteiger partial charge on any atom is 0.279 e. The number of hydrogen-bond acceptors (Lipinski definition) is 3. The van der Waals surface area contributed by atoms with Gasteiger partial charge in [-0.05, 0) is 37.3 Å². The van der Waals surface area contributed by atoms with Crippen molar-refractivity contribution in [3.63, 3.8) is 0 Å². The van der Waals surface area contributed by atoms with Crippen LogP contribution in [-0.4, -0.2) is 18.2 Å². The minimum Gasteiger partial charge on any atom is -0.333 e. The lowest BCUT2D eigenvalue weighted by Crippen LogP contribution is -2.86. The highest BCUT2D eigenvalue weighted by atomic mass is 32.2. The van der Waals surface area contributed by atoms with Crippen LogP contribution in [-0.2, 0) is 4.79 Å². The Morgan fingerprint density at radius 3 is 2.76 bits per heavy atom. The number of benzene rings is 2. The van der Waals surface area contributed by atoms with E-state index in [9.17, 15) is 13.6 Å². The molecule has 0 aromatic heterocycles. The van der Waals surface area contributed by atoms with E-state index >= 15 is 0 Å². The van der Waals surface area contributed by atoms with E-state index in [0.717, 1.165) is 17.0 Å². The molecule has 2 rings (SSSR count). The predicted molar refractivity (Wildman–Crippen MR) is 93.0 cm³/mol. The first-order valence-corrected chi connectivity index (χ1v) is 8.66. The molecule has 25 heavy (non-hydrogen) atoms. The Hall–Kier alpha value is -2.43. The minimum absolute atomic E-state index is 0.136. The van der Waals surface area contributed by atoms with Gasteiger partial charge in [0.2, 0.25) is 0 Å². The maximum absolute atomic E-state index is 13.3. The van der Waals surface area contributed by atoms with E-state index in [0.29, 0.717) is 17.0 Å². The topological polar surface area (TPSA) is 69.5 Å². The van der Waals surface area contributed by atoms with Crippen molar-refractivity contribution in [3.05, 3.63) is 59.7 Å². The van der Waals surface area contributed by atoms with Crippen molar-refractivity contribution in [1.82, 2.24) is 0 Å². The Bertz CT molecular complexity index is 792. The van der Waals surface area contributed by atoms with E-state index in [-0.39, 0.29) is 18.5 Å². The van der Waals surface area contributed by atoms with Gasteiger partial charge in [-0.15, -0.1) is 11.8 Å². The standard InChI is InChI=1S/C18H17F2N3OS/c1-12(13-6-7-14(19)15(20)10-13)22-11-18(24)23-16-4-2-3-5-17(16)25-9-8-21/h2-7,10,12,22H,9,11H2,1H3,(H,23,24)/p+1/t12-/m0/s1. The number of quaternary nitrogens is 1. The molecular formula is C18H18F2N3OS+. The van der Waals surface area contributed by atoms with Gasteiger partial charge in [0.1, 0.15) is 6.04 Å². The third-order valence-electron chi connectivity index (χ3n) is 3.58. The number of anilines is 1. The van der Waals surface area contributed by atoms with Crippen LogP contribution in [0.25, 0.3) is 0 Å². The zero-order valence-corrected chi connectivity index (χ0v) is 14.4. The van der Waals surface area contributed by atoms with Crippen LogP contribution >= 0.6 is 11.8 Å². The van der Waals surface area contributed by atoms with E-state index in [4.69, 9.17) is 5.26 Å². The maximum atomic E-state index is 13.3. The number of nitrogens with zero attached hydrogens (tertiary/aromatic N) is 1. The first kappa shape index (κ1) is 18.9. The summed E-state index contributed by atoms with van der Waals surface area (Å²) in [6.07, 6.45) is 0. The quantitative estimate of drug-likeness (QED) is 0.744. The van der Waals surface area contributed by atoms with Gasteiger partial charge in [0.15, 0.2) is 18.2 Å². The lowest BCUT2D eigenvalue weighted by atomic mass is 10.1. The van der Waals surface area contributed by atoms with Crippen LogP contribution in [0.3, 0.4) is 0 Å². The normalized spacial score (nSPS) is 11.6. The van der Waals surface area contributed by atoms with Gasteiger partial charge in [0.05, 0.1) is 17.5 Å². The van der Waals surface area contributed by atoms with Crippen LogP contribution in [0.2, 0.25) is 0 Å². The summed E-state index contributed by atoms with van der Waals surface area (Å²) in [5, 5.41) is 13.2. The number of carbonyl (C=O) groups is 1. The van der Waals surface area contributed by atoms with Gasteiger partial charge in [-0.3, -0.25) is 4.79 Å². The lowest BCUT2D eigenvalue weighted by Gasteiger charge is -2.13. The molecule has 2 aromatic carbocycles. The average Bonchev–Trinajstić information content (AvgIpc) is 2.61. The average molecular weight is 362 g/mol. The molecule has 130 valence electrons. The molecule has 0 heterocycles. The van der Waals surface area contributed by atoms with Crippen LogP contribution in [0.15, 0.2) is 47.4 Å². The Balaban J connectivity index is 1.92. The Labute approximate surface area is 149 Å². The number of halogens is 2. The molecule has 1 atom stereocenters. The van der Waals surface area contributed by atoms with Crippen LogP contribution in [0.1, 0.15) is 18.5 Å². The van der Waals surface area contributed by atoms with Crippen molar-refractivity contribution >= 4 is 23.4 Å². The largest absolute Gasteiger partial charge is 0.333 e. The first-order valence-electron chi connectivity index (χ1n) is 7.68. The van der Waals surface area contributed by atoms with Gasteiger partial charge >= 0.3 is 0 Å². The second-order valence-electron chi connectivity index (χ2n) is 5.39. The second-order valence-corrected chi connectivity index (χ2v) is 6.41. The Morgan fingerprint density at radius 1 is 1.28 bits per heavy atom. The molecule has 3 N–H and O–H groups in total. The Kier molecular flexibility index (Phi) is 6.92.